The number of halogens is 1. The van der Waals surface area contributed by atoms with Crippen molar-refractivity contribution < 1.29 is 4.92 Å². The fraction of sp³-hybridized carbons (Fsp3) is 0.600. The summed E-state index contributed by atoms with van der Waals surface area (Å²) in [5.41, 5.74) is 2.13. The van der Waals surface area contributed by atoms with Crippen molar-refractivity contribution >= 4 is 27.3 Å². The zero-order chi connectivity index (χ0) is 14.8. The smallest absolute Gasteiger partial charge is 0.273 e. The average Bonchev–Trinajstić information content (AvgIpc) is 2.40. The van der Waals surface area contributed by atoms with Crippen LogP contribution in [0.3, 0.4) is 0 Å². The third kappa shape index (κ3) is 3.51. The second-order valence-corrected chi connectivity index (χ2v) is 6.95. The molecule has 0 bridgehead atoms. The van der Waals surface area contributed by atoms with Gasteiger partial charge in [0.1, 0.15) is 0 Å². The van der Waals surface area contributed by atoms with E-state index >= 15 is 0 Å². The van der Waals surface area contributed by atoms with Crippen LogP contribution in [0.1, 0.15) is 44.6 Å². The van der Waals surface area contributed by atoms with Gasteiger partial charge in [0.15, 0.2) is 0 Å². The van der Waals surface area contributed by atoms with Gasteiger partial charge in [0.05, 0.1) is 4.92 Å². The Morgan fingerprint density at radius 1 is 1.35 bits per heavy atom. The molecular weight excluding hydrogens is 320 g/mol. The lowest BCUT2D eigenvalue weighted by Crippen LogP contribution is -2.29. The van der Waals surface area contributed by atoms with E-state index in [9.17, 15) is 10.1 Å². The number of nitro benzene ring substituents is 1. The molecule has 0 aliphatic heterocycles. The van der Waals surface area contributed by atoms with Crippen LogP contribution in [0.2, 0.25) is 0 Å². The Balaban J connectivity index is 2.10. The van der Waals surface area contributed by atoms with Crippen LogP contribution in [0, 0.1) is 22.5 Å². The van der Waals surface area contributed by atoms with Crippen LogP contribution < -0.4 is 5.32 Å². The van der Waals surface area contributed by atoms with Crippen molar-refractivity contribution in [3.8, 4) is 0 Å². The van der Waals surface area contributed by atoms with Gasteiger partial charge in [-0.3, -0.25) is 10.1 Å². The first-order chi connectivity index (χ1) is 9.41. The predicted molar refractivity (Wildman–Crippen MR) is 85.2 cm³/mol. The van der Waals surface area contributed by atoms with Crippen LogP contribution in [0.15, 0.2) is 16.6 Å². The summed E-state index contributed by atoms with van der Waals surface area (Å²) in [7, 11) is 0. The molecule has 1 aliphatic carbocycles. The van der Waals surface area contributed by atoms with Crippen molar-refractivity contribution in [2.75, 3.05) is 11.9 Å². The number of nitrogens with one attached hydrogen (secondary N) is 1. The molecule has 0 atom stereocenters. The highest BCUT2D eigenvalue weighted by molar-refractivity contribution is 9.10. The molecule has 0 heterocycles. The summed E-state index contributed by atoms with van der Waals surface area (Å²) >= 11 is 3.43. The molecule has 1 fully saturated rings. The zero-order valence-electron chi connectivity index (χ0n) is 12.0. The van der Waals surface area contributed by atoms with Gasteiger partial charge >= 0.3 is 0 Å². The Labute approximate surface area is 128 Å². The maximum Gasteiger partial charge on any atom is 0.273 e. The molecule has 2 rings (SSSR count). The van der Waals surface area contributed by atoms with E-state index in [1.807, 2.05) is 6.07 Å². The summed E-state index contributed by atoms with van der Waals surface area (Å²) in [6, 6.07) is 3.44. The molecule has 0 unspecified atom stereocenters. The molecule has 4 nitrogen and oxygen atoms in total. The summed E-state index contributed by atoms with van der Waals surface area (Å²) in [6.45, 7) is 5.02. The van der Waals surface area contributed by atoms with Crippen molar-refractivity contribution in [1.29, 1.82) is 0 Å². The monoisotopic (exact) mass is 340 g/mol. The van der Waals surface area contributed by atoms with Crippen molar-refractivity contribution in [2.24, 2.45) is 5.41 Å². The van der Waals surface area contributed by atoms with E-state index in [0.717, 1.165) is 16.7 Å². The first-order valence-electron chi connectivity index (χ1n) is 7.10. The van der Waals surface area contributed by atoms with Gasteiger partial charge in [0, 0.05) is 28.3 Å². The Morgan fingerprint density at radius 2 is 2.00 bits per heavy atom. The number of hydrogen-bond donors (Lipinski definition) is 1. The lowest BCUT2D eigenvalue weighted by atomic mass is 9.76. The van der Waals surface area contributed by atoms with E-state index in [1.54, 1.807) is 13.0 Å². The van der Waals surface area contributed by atoms with E-state index in [-0.39, 0.29) is 10.6 Å². The van der Waals surface area contributed by atoms with Gasteiger partial charge in [-0.1, -0.05) is 26.2 Å². The lowest BCUT2D eigenvalue weighted by molar-refractivity contribution is -0.385. The number of anilines is 1. The van der Waals surface area contributed by atoms with E-state index in [4.69, 9.17) is 0 Å². The molecule has 20 heavy (non-hydrogen) atoms. The van der Waals surface area contributed by atoms with Gasteiger partial charge < -0.3 is 5.32 Å². The normalized spacial score (nSPS) is 17.8. The number of hydrogen-bond acceptors (Lipinski definition) is 3. The maximum atomic E-state index is 10.9. The SMILES string of the molecule is Cc1cc(NCC2(C)CCCCC2)c(Br)cc1[N+](=O)[O-]. The van der Waals surface area contributed by atoms with Crippen molar-refractivity contribution in [3.63, 3.8) is 0 Å². The Bertz CT molecular complexity index is 511. The first-order valence-corrected chi connectivity index (χ1v) is 7.89. The minimum absolute atomic E-state index is 0.159. The third-order valence-electron chi connectivity index (χ3n) is 4.25. The third-order valence-corrected chi connectivity index (χ3v) is 4.90. The molecule has 5 heteroatoms. The summed E-state index contributed by atoms with van der Waals surface area (Å²) in [5, 5.41) is 14.4. The fourth-order valence-corrected chi connectivity index (χ4v) is 3.37. The second-order valence-electron chi connectivity index (χ2n) is 6.10. The number of benzene rings is 1. The Kier molecular flexibility index (Phi) is 4.68. The van der Waals surface area contributed by atoms with E-state index in [1.165, 1.54) is 32.1 Å². The molecule has 1 N–H and O–H groups in total. The molecule has 0 aromatic heterocycles. The molecule has 1 aliphatic rings. The van der Waals surface area contributed by atoms with Gasteiger partial charge in [-0.25, -0.2) is 0 Å². The van der Waals surface area contributed by atoms with Gasteiger partial charge in [-0.05, 0) is 47.2 Å². The first kappa shape index (κ1) is 15.3. The Hall–Kier alpha value is -1.10. The highest BCUT2D eigenvalue weighted by Crippen LogP contribution is 2.37. The van der Waals surface area contributed by atoms with Gasteiger partial charge in [-0.2, -0.15) is 0 Å². The van der Waals surface area contributed by atoms with Crippen LogP contribution in [0.5, 0.6) is 0 Å². The van der Waals surface area contributed by atoms with Crippen LogP contribution in [0.4, 0.5) is 11.4 Å². The molecule has 0 radical (unpaired) electrons. The zero-order valence-corrected chi connectivity index (χ0v) is 13.6. The molecule has 0 saturated heterocycles. The van der Waals surface area contributed by atoms with Crippen LogP contribution in [-0.2, 0) is 0 Å². The molecule has 0 amide bonds. The summed E-state index contributed by atoms with van der Waals surface area (Å²) in [4.78, 5) is 10.6. The van der Waals surface area contributed by atoms with Crippen LogP contribution in [0.25, 0.3) is 0 Å². The second kappa shape index (κ2) is 6.12. The molecule has 0 spiro atoms. The average molecular weight is 341 g/mol. The highest BCUT2D eigenvalue weighted by Gasteiger charge is 2.26. The molecule has 1 aromatic carbocycles. The number of nitro groups is 1. The van der Waals surface area contributed by atoms with Crippen molar-refractivity contribution in [2.45, 2.75) is 46.0 Å². The van der Waals surface area contributed by atoms with E-state index in [0.29, 0.717) is 11.0 Å². The minimum Gasteiger partial charge on any atom is -0.384 e. The predicted octanol–water partition coefficient (Wildman–Crippen LogP) is 5.05. The van der Waals surface area contributed by atoms with Gasteiger partial charge in [0.25, 0.3) is 5.69 Å². The Morgan fingerprint density at radius 3 is 2.60 bits per heavy atom. The van der Waals surface area contributed by atoms with Crippen LogP contribution in [-0.4, -0.2) is 11.5 Å². The minimum atomic E-state index is -0.341. The topological polar surface area (TPSA) is 55.2 Å². The number of rotatable bonds is 4. The lowest BCUT2D eigenvalue weighted by Gasteiger charge is -2.34. The molecule has 110 valence electrons. The fourth-order valence-electron chi connectivity index (χ4n) is 2.89. The van der Waals surface area contributed by atoms with E-state index in [2.05, 4.69) is 28.2 Å². The van der Waals surface area contributed by atoms with E-state index < -0.39 is 0 Å². The quantitative estimate of drug-likeness (QED) is 0.616. The summed E-state index contributed by atoms with van der Waals surface area (Å²) in [5.74, 6) is 0. The van der Waals surface area contributed by atoms with Crippen LogP contribution >= 0.6 is 15.9 Å². The van der Waals surface area contributed by atoms with Gasteiger partial charge in [-0.15, -0.1) is 0 Å². The number of nitrogens with zero attached hydrogens (tertiary/aromatic N) is 1. The van der Waals surface area contributed by atoms with Gasteiger partial charge in [0.2, 0.25) is 0 Å². The molecular formula is C15H21BrN2O2. The van der Waals surface area contributed by atoms with Crippen molar-refractivity contribution in [1.82, 2.24) is 0 Å². The largest absolute Gasteiger partial charge is 0.384 e. The molecule has 1 saturated carbocycles. The summed E-state index contributed by atoms with van der Waals surface area (Å²) in [6.07, 6.45) is 6.46. The van der Waals surface area contributed by atoms with Crippen molar-refractivity contribution in [3.05, 3.63) is 32.3 Å². The highest BCUT2D eigenvalue weighted by atomic mass is 79.9. The standard InChI is InChI=1S/C15H21BrN2O2/c1-11-8-13(12(16)9-14(11)18(19)20)17-10-15(2)6-4-3-5-7-15/h8-9,17H,3-7,10H2,1-2H3. The molecule has 1 aromatic rings. The maximum absolute atomic E-state index is 10.9. The summed E-state index contributed by atoms with van der Waals surface area (Å²) < 4.78 is 0.759. The number of aryl methyl sites for hydroxylation is 1.